The minimum Gasteiger partial charge on any atom is -0.481 e. The lowest BCUT2D eigenvalue weighted by molar-refractivity contribution is -0.142. The SMILES string of the molecule is O=C(O)[C@@H]1CCCN(S(=O)(=O)c2c(Cl)cccc2Cl)C1. The molecule has 1 aromatic carbocycles. The highest BCUT2D eigenvalue weighted by Gasteiger charge is 2.35. The van der Waals surface area contributed by atoms with Gasteiger partial charge in [0.15, 0.2) is 0 Å². The molecular weight excluding hydrogens is 325 g/mol. The molecular formula is C12H13Cl2NO4S. The van der Waals surface area contributed by atoms with E-state index in [1.165, 1.54) is 12.1 Å². The first-order chi connectivity index (χ1) is 9.34. The zero-order valence-corrected chi connectivity index (χ0v) is 12.7. The zero-order valence-electron chi connectivity index (χ0n) is 10.4. The fourth-order valence-electron chi connectivity index (χ4n) is 2.22. The first kappa shape index (κ1) is 15.6. The second-order valence-electron chi connectivity index (χ2n) is 4.59. The Balaban J connectivity index is 2.38. The van der Waals surface area contributed by atoms with Gasteiger partial charge in [0.1, 0.15) is 4.90 Å². The summed E-state index contributed by atoms with van der Waals surface area (Å²) in [6.07, 6.45) is 0.968. The lowest BCUT2D eigenvalue weighted by Gasteiger charge is -2.30. The average molecular weight is 338 g/mol. The van der Waals surface area contributed by atoms with Gasteiger partial charge >= 0.3 is 5.97 Å². The molecule has 2 rings (SSSR count). The summed E-state index contributed by atoms with van der Waals surface area (Å²) in [6, 6.07) is 4.44. The molecule has 1 aromatic rings. The summed E-state index contributed by atoms with van der Waals surface area (Å²) in [5.41, 5.74) is 0. The van der Waals surface area contributed by atoms with Crippen molar-refractivity contribution in [3.63, 3.8) is 0 Å². The van der Waals surface area contributed by atoms with E-state index in [0.717, 1.165) is 4.31 Å². The number of carboxylic acids is 1. The molecule has 1 atom stereocenters. The molecule has 0 saturated carbocycles. The van der Waals surface area contributed by atoms with Gasteiger partial charge in [0.05, 0.1) is 16.0 Å². The van der Waals surface area contributed by atoms with E-state index in [1.807, 2.05) is 0 Å². The number of sulfonamides is 1. The van der Waals surface area contributed by atoms with E-state index < -0.39 is 21.9 Å². The molecule has 0 radical (unpaired) electrons. The monoisotopic (exact) mass is 337 g/mol. The summed E-state index contributed by atoms with van der Waals surface area (Å²) >= 11 is 11.9. The first-order valence-electron chi connectivity index (χ1n) is 6.01. The predicted octanol–water partition coefficient (Wildman–Crippen LogP) is 2.48. The third-order valence-corrected chi connectivity index (χ3v) is 6.07. The summed E-state index contributed by atoms with van der Waals surface area (Å²) in [6.45, 7) is 0.215. The highest BCUT2D eigenvalue weighted by Crippen LogP contribution is 2.33. The van der Waals surface area contributed by atoms with Gasteiger partial charge in [-0.1, -0.05) is 29.3 Å². The summed E-state index contributed by atoms with van der Waals surface area (Å²) < 4.78 is 26.3. The molecule has 0 aromatic heterocycles. The number of halogens is 2. The van der Waals surface area contributed by atoms with Gasteiger partial charge in [-0.05, 0) is 25.0 Å². The molecule has 8 heteroatoms. The van der Waals surface area contributed by atoms with Gasteiger partial charge in [-0.3, -0.25) is 4.79 Å². The molecule has 0 spiro atoms. The number of aliphatic carboxylic acids is 1. The second-order valence-corrected chi connectivity index (χ2v) is 7.28. The van der Waals surface area contributed by atoms with Crippen LogP contribution in [0.1, 0.15) is 12.8 Å². The van der Waals surface area contributed by atoms with Crippen LogP contribution in [0.3, 0.4) is 0 Å². The van der Waals surface area contributed by atoms with Crippen molar-refractivity contribution in [2.24, 2.45) is 5.92 Å². The lowest BCUT2D eigenvalue weighted by atomic mass is 10.0. The highest BCUT2D eigenvalue weighted by molar-refractivity contribution is 7.89. The largest absolute Gasteiger partial charge is 0.481 e. The van der Waals surface area contributed by atoms with Crippen LogP contribution < -0.4 is 0 Å². The minimum absolute atomic E-state index is 0.0370. The fraction of sp³-hybridized carbons (Fsp3) is 0.417. The quantitative estimate of drug-likeness (QED) is 0.919. The number of hydrogen-bond donors (Lipinski definition) is 1. The van der Waals surface area contributed by atoms with Crippen LogP contribution in [0.5, 0.6) is 0 Å². The highest BCUT2D eigenvalue weighted by atomic mass is 35.5. The van der Waals surface area contributed by atoms with Crippen molar-refractivity contribution < 1.29 is 18.3 Å². The van der Waals surface area contributed by atoms with Crippen molar-refractivity contribution in [2.45, 2.75) is 17.7 Å². The van der Waals surface area contributed by atoms with Gasteiger partial charge in [0.25, 0.3) is 0 Å². The number of benzene rings is 1. The number of carbonyl (C=O) groups is 1. The lowest BCUT2D eigenvalue weighted by Crippen LogP contribution is -2.42. The van der Waals surface area contributed by atoms with Crippen molar-refractivity contribution in [1.29, 1.82) is 0 Å². The van der Waals surface area contributed by atoms with Crippen LogP contribution in [-0.4, -0.2) is 36.9 Å². The summed E-state index contributed by atoms with van der Waals surface area (Å²) in [4.78, 5) is 10.9. The number of rotatable bonds is 3. The van der Waals surface area contributed by atoms with Crippen molar-refractivity contribution in [3.05, 3.63) is 28.2 Å². The summed E-state index contributed by atoms with van der Waals surface area (Å²) in [7, 11) is -3.88. The number of piperidine rings is 1. The van der Waals surface area contributed by atoms with E-state index in [1.54, 1.807) is 6.07 Å². The van der Waals surface area contributed by atoms with Crippen LogP contribution in [-0.2, 0) is 14.8 Å². The molecule has 1 heterocycles. The van der Waals surface area contributed by atoms with Gasteiger partial charge in [-0.25, -0.2) is 8.42 Å². The van der Waals surface area contributed by atoms with Crippen LogP contribution >= 0.6 is 23.2 Å². The third kappa shape index (κ3) is 2.93. The van der Waals surface area contributed by atoms with E-state index in [4.69, 9.17) is 28.3 Å². The number of carboxylic acid groups (broad SMARTS) is 1. The van der Waals surface area contributed by atoms with Crippen LogP contribution in [0.4, 0.5) is 0 Å². The maximum atomic E-state index is 12.6. The van der Waals surface area contributed by atoms with Gasteiger partial charge in [0, 0.05) is 13.1 Å². The van der Waals surface area contributed by atoms with Gasteiger partial charge in [-0.2, -0.15) is 4.31 Å². The van der Waals surface area contributed by atoms with E-state index in [9.17, 15) is 13.2 Å². The van der Waals surface area contributed by atoms with Gasteiger partial charge < -0.3 is 5.11 Å². The molecule has 0 bridgehead atoms. The molecule has 1 fully saturated rings. The number of hydrogen-bond acceptors (Lipinski definition) is 3. The predicted molar refractivity (Wildman–Crippen MR) is 75.6 cm³/mol. The number of nitrogens with zero attached hydrogens (tertiary/aromatic N) is 1. The molecule has 1 N–H and O–H groups in total. The maximum Gasteiger partial charge on any atom is 0.307 e. The van der Waals surface area contributed by atoms with Crippen molar-refractivity contribution in [1.82, 2.24) is 4.31 Å². The summed E-state index contributed by atoms with van der Waals surface area (Å²) in [5, 5.41) is 9.10. The fourth-order valence-corrected chi connectivity index (χ4v) is 4.84. The standard InChI is InChI=1S/C12H13Cl2NO4S/c13-9-4-1-5-10(14)11(9)20(18,19)15-6-2-3-8(7-15)12(16)17/h1,4-5,8H,2-3,6-7H2,(H,16,17)/t8-/m1/s1. The molecule has 0 unspecified atom stereocenters. The maximum absolute atomic E-state index is 12.6. The molecule has 0 amide bonds. The molecule has 1 aliphatic heterocycles. The second kappa shape index (κ2) is 5.89. The first-order valence-corrected chi connectivity index (χ1v) is 8.20. The van der Waals surface area contributed by atoms with E-state index in [2.05, 4.69) is 0 Å². The van der Waals surface area contributed by atoms with E-state index in [0.29, 0.717) is 12.8 Å². The minimum atomic E-state index is -3.88. The van der Waals surface area contributed by atoms with Crippen molar-refractivity contribution in [2.75, 3.05) is 13.1 Å². The Labute approximate surface area is 127 Å². The molecule has 20 heavy (non-hydrogen) atoms. The zero-order chi connectivity index (χ0) is 14.9. The average Bonchev–Trinajstić information content (AvgIpc) is 2.38. The topological polar surface area (TPSA) is 74.7 Å². The Morgan fingerprint density at radius 2 is 1.90 bits per heavy atom. The van der Waals surface area contributed by atoms with Crippen LogP contribution in [0, 0.1) is 5.92 Å². The Morgan fingerprint density at radius 3 is 2.45 bits per heavy atom. The van der Waals surface area contributed by atoms with Crippen LogP contribution in [0.25, 0.3) is 0 Å². The molecule has 0 aliphatic carbocycles. The molecule has 1 saturated heterocycles. The Hall–Kier alpha value is -0.820. The van der Waals surface area contributed by atoms with Gasteiger partial charge in [-0.15, -0.1) is 0 Å². The molecule has 110 valence electrons. The Kier molecular flexibility index (Phi) is 4.59. The normalized spacial score (nSPS) is 20.8. The smallest absolute Gasteiger partial charge is 0.307 e. The van der Waals surface area contributed by atoms with Crippen LogP contribution in [0.15, 0.2) is 23.1 Å². The van der Waals surface area contributed by atoms with Gasteiger partial charge in [0.2, 0.25) is 10.0 Å². The third-order valence-electron chi connectivity index (χ3n) is 3.25. The molecule has 1 aliphatic rings. The Bertz CT molecular complexity index is 612. The molecule has 5 nitrogen and oxygen atoms in total. The van der Waals surface area contributed by atoms with Crippen LogP contribution in [0.2, 0.25) is 10.0 Å². The van der Waals surface area contributed by atoms with E-state index >= 15 is 0 Å². The van der Waals surface area contributed by atoms with Crippen molar-refractivity contribution >= 4 is 39.2 Å². The Morgan fingerprint density at radius 1 is 1.30 bits per heavy atom. The van der Waals surface area contributed by atoms with Crippen molar-refractivity contribution in [3.8, 4) is 0 Å². The van der Waals surface area contributed by atoms with E-state index in [-0.39, 0.29) is 28.0 Å². The summed E-state index contributed by atoms with van der Waals surface area (Å²) in [5.74, 6) is -1.69.